The number of thioether (sulfide) groups is 1. The number of hydrogen-bond acceptors (Lipinski definition) is 5. The van der Waals surface area contributed by atoms with Crippen LogP contribution in [0.4, 0.5) is 0 Å². The fraction of sp³-hybridized carbons (Fsp3) is 0.846. The van der Waals surface area contributed by atoms with Crippen molar-refractivity contribution in [1.82, 2.24) is 15.5 Å². The molecule has 6 nitrogen and oxygen atoms in total. The smallest absolute Gasteiger partial charge is 0.239 e. The summed E-state index contributed by atoms with van der Waals surface area (Å²) in [6.45, 7) is 7.40. The lowest BCUT2D eigenvalue weighted by atomic mass is 10.1. The zero-order valence-corrected chi connectivity index (χ0v) is 13.2. The maximum Gasteiger partial charge on any atom is 0.239 e. The van der Waals surface area contributed by atoms with Gasteiger partial charge in [-0.3, -0.25) is 14.5 Å². The highest BCUT2D eigenvalue weighted by Crippen LogP contribution is 2.07. The zero-order valence-electron chi connectivity index (χ0n) is 12.4. The third-order valence-electron chi connectivity index (χ3n) is 3.30. The molecule has 0 radical (unpaired) electrons. The Kier molecular flexibility index (Phi) is 7.94. The van der Waals surface area contributed by atoms with Gasteiger partial charge in [0.15, 0.2) is 0 Å². The van der Waals surface area contributed by atoms with Gasteiger partial charge in [0.1, 0.15) is 0 Å². The van der Waals surface area contributed by atoms with Crippen molar-refractivity contribution in [3.05, 3.63) is 0 Å². The van der Waals surface area contributed by atoms with Gasteiger partial charge < -0.3 is 16.4 Å². The molecule has 0 aromatic rings. The number of nitrogens with zero attached hydrogens (tertiary/aromatic N) is 1. The van der Waals surface area contributed by atoms with Crippen LogP contribution in [0.15, 0.2) is 0 Å². The first-order chi connectivity index (χ1) is 9.50. The quantitative estimate of drug-likeness (QED) is 0.576. The van der Waals surface area contributed by atoms with Crippen LogP contribution in [0.2, 0.25) is 0 Å². The lowest BCUT2D eigenvalue weighted by Gasteiger charge is -2.26. The Hall–Kier alpha value is -0.790. The summed E-state index contributed by atoms with van der Waals surface area (Å²) >= 11 is 1.97. The van der Waals surface area contributed by atoms with Gasteiger partial charge in [0.2, 0.25) is 11.8 Å². The molecular weight excluding hydrogens is 276 g/mol. The minimum absolute atomic E-state index is 0.00486. The minimum atomic E-state index is -0.561. The number of amides is 2. The fourth-order valence-corrected chi connectivity index (χ4v) is 2.81. The molecule has 0 bridgehead atoms. The summed E-state index contributed by atoms with van der Waals surface area (Å²) in [5.41, 5.74) is 5.69. The molecule has 4 N–H and O–H groups in total. The van der Waals surface area contributed by atoms with Crippen LogP contribution in [-0.2, 0) is 9.59 Å². The number of nitrogens with one attached hydrogen (secondary N) is 2. The highest BCUT2D eigenvalue weighted by Gasteiger charge is 2.17. The molecule has 1 atom stereocenters. The summed E-state index contributed by atoms with van der Waals surface area (Å²) in [5.74, 6) is 1.95. The molecule has 0 aliphatic carbocycles. The van der Waals surface area contributed by atoms with E-state index in [0.717, 1.165) is 31.1 Å². The van der Waals surface area contributed by atoms with Crippen molar-refractivity contribution in [1.29, 1.82) is 0 Å². The normalized spacial score (nSPS) is 17.8. The molecule has 2 amide bonds. The van der Waals surface area contributed by atoms with Gasteiger partial charge in [0.25, 0.3) is 0 Å². The minimum Gasteiger partial charge on any atom is -0.353 e. The topological polar surface area (TPSA) is 87.5 Å². The molecule has 7 heteroatoms. The molecule has 0 spiro atoms. The van der Waals surface area contributed by atoms with E-state index in [0.29, 0.717) is 6.54 Å². The Balaban J connectivity index is 2.09. The van der Waals surface area contributed by atoms with Gasteiger partial charge >= 0.3 is 0 Å². The number of carbonyl (C=O) groups excluding carboxylic acids is 2. The third-order valence-corrected chi connectivity index (χ3v) is 4.24. The van der Waals surface area contributed by atoms with E-state index in [1.54, 1.807) is 0 Å². The lowest BCUT2D eigenvalue weighted by molar-refractivity contribution is -0.127. The number of nitrogens with two attached hydrogens (primary N) is 1. The van der Waals surface area contributed by atoms with Crippen LogP contribution in [0.3, 0.4) is 0 Å². The van der Waals surface area contributed by atoms with Crippen molar-refractivity contribution < 1.29 is 9.59 Å². The second kappa shape index (κ2) is 9.20. The van der Waals surface area contributed by atoms with Crippen LogP contribution in [-0.4, -0.2) is 67.0 Å². The van der Waals surface area contributed by atoms with Gasteiger partial charge in [-0.15, -0.1) is 0 Å². The van der Waals surface area contributed by atoms with Crippen LogP contribution in [0, 0.1) is 5.92 Å². The van der Waals surface area contributed by atoms with Crippen LogP contribution >= 0.6 is 11.8 Å². The Bertz CT molecular complexity index is 319. The summed E-state index contributed by atoms with van der Waals surface area (Å²) in [7, 11) is 0. The van der Waals surface area contributed by atoms with Gasteiger partial charge in [0, 0.05) is 37.7 Å². The molecule has 0 unspecified atom stereocenters. The van der Waals surface area contributed by atoms with Crippen molar-refractivity contribution in [2.45, 2.75) is 19.9 Å². The van der Waals surface area contributed by atoms with E-state index in [1.165, 1.54) is 0 Å². The molecular formula is C13H26N4O2S. The van der Waals surface area contributed by atoms with Crippen LogP contribution in [0.5, 0.6) is 0 Å². The van der Waals surface area contributed by atoms with Crippen molar-refractivity contribution in [3.63, 3.8) is 0 Å². The van der Waals surface area contributed by atoms with E-state index in [2.05, 4.69) is 15.5 Å². The molecule has 1 rings (SSSR count). The largest absolute Gasteiger partial charge is 0.353 e. The molecule has 0 aromatic carbocycles. The van der Waals surface area contributed by atoms with Crippen LogP contribution in [0.25, 0.3) is 0 Å². The molecule has 1 fully saturated rings. The number of rotatable bonds is 7. The Morgan fingerprint density at radius 2 is 1.90 bits per heavy atom. The molecule has 116 valence electrons. The first kappa shape index (κ1) is 17.3. The maximum absolute atomic E-state index is 11.6. The average molecular weight is 302 g/mol. The third kappa shape index (κ3) is 6.58. The Morgan fingerprint density at radius 3 is 2.50 bits per heavy atom. The van der Waals surface area contributed by atoms with E-state index in [9.17, 15) is 9.59 Å². The van der Waals surface area contributed by atoms with Gasteiger partial charge in [-0.25, -0.2) is 0 Å². The molecule has 1 aliphatic rings. The summed E-state index contributed by atoms with van der Waals surface area (Å²) in [6.07, 6.45) is 0. The second-order valence-electron chi connectivity index (χ2n) is 5.29. The van der Waals surface area contributed by atoms with Crippen LogP contribution in [0.1, 0.15) is 13.8 Å². The van der Waals surface area contributed by atoms with Crippen molar-refractivity contribution in [3.8, 4) is 0 Å². The molecule has 0 saturated carbocycles. The number of carbonyl (C=O) groups is 2. The lowest BCUT2D eigenvalue weighted by Crippen LogP contribution is -2.48. The van der Waals surface area contributed by atoms with E-state index in [4.69, 9.17) is 5.73 Å². The van der Waals surface area contributed by atoms with Crippen molar-refractivity contribution in [2.24, 2.45) is 11.7 Å². The molecule has 20 heavy (non-hydrogen) atoms. The van der Waals surface area contributed by atoms with E-state index >= 15 is 0 Å². The molecule has 0 aromatic heterocycles. The first-order valence-electron chi connectivity index (χ1n) is 7.10. The highest BCUT2D eigenvalue weighted by atomic mass is 32.2. The number of hydrogen-bond donors (Lipinski definition) is 3. The fourth-order valence-electron chi connectivity index (χ4n) is 1.83. The molecule has 1 heterocycles. The first-order valence-corrected chi connectivity index (χ1v) is 8.26. The SMILES string of the molecule is CC(C)[C@H](N)C(=O)NCC(=O)NCCN1CCSCC1. The summed E-state index contributed by atoms with van der Waals surface area (Å²) in [5, 5.41) is 5.37. The average Bonchev–Trinajstić information content (AvgIpc) is 2.45. The maximum atomic E-state index is 11.6. The Labute approximate surface area is 125 Å². The standard InChI is InChI=1S/C13H26N4O2S/c1-10(2)12(14)13(19)16-9-11(18)15-3-4-17-5-7-20-8-6-17/h10,12H,3-9,14H2,1-2H3,(H,15,18)(H,16,19)/t12-/m0/s1. The summed E-state index contributed by atoms with van der Waals surface area (Å²) in [4.78, 5) is 25.5. The van der Waals surface area contributed by atoms with Gasteiger partial charge in [-0.05, 0) is 5.92 Å². The summed E-state index contributed by atoms with van der Waals surface area (Å²) in [6, 6.07) is -0.561. The predicted molar refractivity (Wildman–Crippen MR) is 82.6 cm³/mol. The molecule has 1 aliphatic heterocycles. The van der Waals surface area contributed by atoms with Gasteiger partial charge in [-0.2, -0.15) is 11.8 Å². The van der Waals surface area contributed by atoms with E-state index in [-0.39, 0.29) is 24.3 Å². The highest BCUT2D eigenvalue weighted by molar-refractivity contribution is 7.99. The van der Waals surface area contributed by atoms with Crippen molar-refractivity contribution in [2.75, 3.05) is 44.2 Å². The monoisotopic (exact) mass is 302 g/mol. The van der Waals surface area contributed by atoms with E-state index in [1.807, 2.05) is 25.6 Å². The molecule has 1 saturated heterocycles. The summed E-state index contributed by atoms with van der Waals surface area (Å²) < 4.78 is 0. The van der Waals surface area contributed by atoms with Gasteiger partial charge in [-0.1, -0.05) is 13.8 Å². The van der Waals surface area contributed by atoms with Crippen LogP contribution < -0.4 is 16.4 Å². The zero-order chi connectivity index (χ0) is 15.0. The predicted octanol–water partition coefficient (Wildman–Crippen LogP) is -0.749. The van der Waals surface area contributed by atoms with Crippen molar-refractivity contribution >= 4 is 23.6 Å². The second-order valence-corrected chi connectivity index (χ2v) is 6.52. The van der Waals surface area contributed by atoms with E-state index < -0.39 is 6.04 Å². The Morgan fingerprint density at radius 1 is 1.25 bits per heavy atom. The van der Waals surface area contributed by atoms with Gasteiger partial charge in [0.05, 0.1) is 12.6 Å².